The first kappa shape index (κ1) is 16.2. The topological polar surface area (TPSA) is 30.9 Å². The third-order valence-corrected chi connectivity index (χ3v) is 6.48. The molecular formula is C22H27NO3. The molecule has 26 heavy (non-hydrogen) atoms. The van der Waals surface area contributed by atoms with Crippen molar-refractivity contribution in [3.05, 3.63) is 46.7 Å². The quantitative estimate of drug-likeness (QED) is 0.781. The summed E-state index contributed by atoms with van der Waals surface area (Å²) < 4.78 is 17.6. The highest BCUT2D eigenvalue weighted by Crippen LogP contribution is 2.56. The highest BCUT2D eigenvalue weighted by molar-refractivity contribution is 5.63. The number of methoxy groups -OCH3 is 2. The lowest BCUT2D eigenvalue weighted by molar-refractivity contribution is 0.138. The Hall–Kier alpha value is -1.94. The maximum atomic E-state index is 6.41. The predicted molar refractivity (Wildman–Crippen MR) is 101 cm³/mol. The van der Waals surface area contributed by atoms with E-state index in [0.29, 0.717) is 6.04 Å². The fourth-order valence-corrected chi connectivity index (χ4v) is 4.99. The van der Waals surface area contributed by atoms with Crippen LogP contribution in [0.4, 0.5) is 0 Å². The molecule has 4 heteroatoms. The highest BCUT2D eigenvalue weighted by Gasteiger charge is 2.49. The van der Waals surface area contributed by atoms with Crippen molar-refractivity contribution < 1.29 is 14.2 Å². The van der Waals surface area contributed by atoms with Crippen molar-refractivity contribution >= 4 is 0 Å². The third kappa shape index (κ3) is 2.31. The number of benzene rings is 1. The van der Waals surface area contributed by atoms with Crippen molar-refractivity contribution in [3.8, 4) is 11.5 Å². The zero-order valence-electron chi connectivity index (χ0n) is 15.8. The second kappa shape index (κ2) is 6.05. The van der Waals surface area contributed by atoms with Gasteiger partial charge >= 0.3 is 0 Å². The highest BCUT2D eigenvalue weighted by atomic mass is 16.6. The minimum Gasteiger partial charge on any atom is -0.497 e. The van der Waals surface area contributed by atoms with Crippen molar-refractivity contribution in [2.45, 2.75) is 44.2 Å². The first-order valence-corrected chi connectivity index (χ1v) is 9.81. The van der Waals surface area contributed by atoms with Gasteiger partial charge in [0.1, 0.15) is 5.76 Å². The molecule has 1 heterocycles. The monoisotopic (exact) mass is 353 g/mol. The Labute approximate surface area is 155 Å². The molecule has 3 aliphatic carbocycles. The second-order valence-corrected chi connectivity index (χ2v) is 7.88. The van der Waals surface area contributed by atoms with Crippen molar-refractivity contribution in [1.29, 1.82) is 0 Å². The lowest BCUT2D eigenvalue weighted by atomic mass is 9.72. The van der Waals surface area contributed by atoms with Gasteiger partial charge in [0.25, 0.3) is 0 Å². The summed E-state index contributed by atoms with van der Waals surface area (Å²) in [7, 11) is 3.45. The molecule has 0 saturated heterocycles. The SMILES string of the molecule is CCN(CC1CC1)[C@H]1Cc2ccc(OC)c3c2C2C1=CC=C(OC)[C@H]2O3. The van der Waals surface area contributed by atoms with Crippen LogP contribution in [0.3, 0.4) is 0 Å². The molecule has 0 bridgehead atoms. The van der Waals surface area contributed by atoms with Gasteiger partial charge in [-0.15, -0.1) is 0 Å². The zero-order chi connectivity index (χ0) is 17.8. The van der Waals surface area contributed by atoms with Crippen LogP contribution >= 0.6 is 0 Å². The van der Waals surface area contributed by atoms with Crippen LogP contribution in [0.2, 0.25) is 0 Å². The molecule has 1 fully saturated rings. The van der Waals surface area contributed by atoms with Gasteiger partial charge in [0.2, 0.25) is 0 Å². The van der Waals surface area contributed by atoms with E-state index in [9.17, 15) is 0 Å². The molecule has 0 amide bonds. The lowest BCUT2D eigenvalue weighted by Crippen LogP contribution is -2.45. The average Bonchev–Trinajstić information content (AvgIpc) is 3.41. The molecule has 5 rings (SSSR count). The predicted octanol–water partition coefficient (Wildman–Crippen LogP) is 3.67. The molecule has 138 valence electrons. The summed E-state index contributed by atoms with van der Waals surface area (Å²) in [5.41, 5.74) is 4.21. The molecule has 3 atom stereocenters. The Morgan fingerprint density at radius 2 is 2.00 bits per heavy atom. The largest absolute Gasteiger partial charge is 0.497 e. The van der Waals surface area contributed by atoms with Crippen LogP contribution in [0.5, 0.6) is 11.5 Å². The van der Waals surface area contributed by atoms with Crippen LogP contribution in [0.1, 0.15) is 36.8 Å². The Balaban J connectivity index is 1.61. The van der Waals surface area contributed by atoms with E-state index in [2.05, 4.69) is 36.1 Å². The molecule has 0 radical (unpaired) electrons. The summed E-state index contributed by atoms with van der Waals surface area (Å²) in [4.78, 5) is 2.68. The molecule has 1 saturated carbocycles. The first-order chi connectivity index (χ1) is 12.7. The number of hydrogen-bond donors (Lipinski definition) is 0. The van der Waals surface area contributed by atoms with Gasteiger partial charge in [0.15, 0.2) is 17.6 Å². The van der Waals surface area contributed by atoms with Crippen molar-refractivity contribution in [2.75, 3.05) is 27.3 Å². The van der Waals surface area contributed by atoms with Gasteiger partial charge in [-0.05, 0) is 55.0 Å². The number of rotatable bonds is 6. The summed E-state index contributed by atoms with van der Waals surface area (Å²) in [5, 5.41) is 0. The fourth-order valence-electron chi connectivity index (χ4n) is 4.99. The molecule has 4 nitrogen and oxygen atoms in total. The summed E-state index contributed by atoms with van der Waals surface area (Å²) >= 11 is 0. The van der Waals surface area contributed by atoms with Gasteiger partial charge in [0.05, 0.1) is 20.1 Å². The Morgan fingerprint density at radius 3 is 2.69 bits per heavy atom. The first-order valence-electron chi connectivity index (χ1n) is 9.81. The van der Waals surface area contributed by atoms with Crippen LogP contribution < -0.4 is 9.47 Å². The van der Waals surface area contributed by atoms with Crippen molar-refractivity contribution in [2.24, 2.45) is 5.92 Å². The number of hydrogen-bond acceptors (Lipinski definition) is 4. The standard InChI is InChI=1S/C22H27NO3/c1-4-23(12-13-5-6-13)16-11-14-7-9-17(24-2)21-19(14)20-15(16)8-10-18(25-3)22(20)26-21/h7-10,13,16,20,22H,4-6,11-12H2,1-3H3/t16-,20?,22+/m0/s1. The fraction of sp³-hybridized carbons (Fsp3) is 0.545. The number of likely N-dealkylation sites (N-methyl/N-ethyl adjacent to an activating group) is 1. The minimum absolute atomic E-state index is 0.0625. The van der Waals surface area contributed by atoms with Crippen molar-refractivity contribution in [1.82, 2.24) is 4.90 Å². The second-order valence-electron chi connectivity index (χ2n) is 7.88. The average molecular weight is 353 g/mol. The Morgan fingerprint density at radius 1 is 1.15 bits per heavy atom. The van der Waals surface area contributed by atoms with Gasteiger partial charge in [-0.2, -0.15) is 0 Å². The molecule has 4 aliphatic rings. The maximum Gasteiger partial charge on any atom is 0.166 e. The van der Waals surface area contributed by atoms with E-state index in [4.69, 9.17) is 14.2 Å². The van der Waals surface area contributed by atoms with Gasteiger partial charge in [-0.1, -0.05) is 19.1 Å². The van der Waals surface area contributed by atoms with Crippen LogP contribution in [0, 0.1) is 5.92 Å². The van der Waals surface area contributed by atoms with Crippen LogP contribution in [0.15, 0.2) is 35.6 Å². The van der Waals surface area contributed by atoms with E-state index in [1.165, 1.54) is 36.1 Å². The van der Waals surface area contributed by atoms with Gasteiger partial charge in [0, 0.05) is 18.2 Å². The van der Waals surface area contributed by atoms with E-state index in [1.54, 1.807) is 14.2 Å². The van der Waals surface area contributed by atoms with E-state index < -0.39 is 0 Å². The lowest BCUT2D eigenvalue weighted by Gasteiger charge is -2.41. The summed E-state index contributed by atoms with van der Waals surface area (Å²) in [5.74, 6) is 3.81. The van der Waals surface area contributed by atoms with Gasteiger partial charge < -0.3 is 14.2 Å². The molecule has 0 N–H and O–H groups in total. The van der Waals surface area contributed by atoms with Crippen molar-refractivity contribution in [3.63, 3.8) is 0 Å². The maximum absolute atomic E-state index is 6.41. The summed E-state index contributed by atoms with van der Waals surface area (Å²) in [6.45, 7) is 4.60. The van der Waals surface area contributed by atoms with E-state index in [1.807, 2.05) is 0 Å². The molecule has 0 spiro atoms. The van der Waals surface area contributed by atoms with E-state index >= 15 is 0 Å². The smallest absolute Gasteiger partial charge is 0.166 e. The minimum atomic E-state index is -0.0625. The molecule has 1 aromatic rings. The number of ether oxygens (including phenoxy) is 3. The normalized spacial score (nSPS) is 28.2. The zero-order valence-corrected chi connectivity index (χ0v) is 15.8. The third-order valence-electron chi connectivity index (χ3n) is 6.48. The van der Waals surface area contributed by atoms with Crippen LogP contribution in [-0.2, 0) is 11.2 Å². The van der Waals surface area contributed by atoms with E-state index in [0.717, 1.165) is 36.1 Å². The molecular weight excluding hydrogens is 326 g/mol. The van der Waals surface area contributed by atoms with Crippen LogP contribution in [0.25, 0.3) is 0 Å². The van der Waals surface area contributed by atoms with Gasteiger partial charge in [-0.25, -0.2) is 0 Å². The molecule has 1 aliphatic heterocycles. The molecule has 1 aromatic carbocycles. The van der Waals surface area contributed by atoms with Crippen LogP contribution in [-0.4, -0.2) is 44.4 Å². The molecule has 0 aromatic heterocycles. The summed E-state index contributed by atoms with van der Waals surface area (Å²) in [6, 6.07) is 4.76. The Bertz CT molecular complexity index is 793. The Kier molecular flexibility index (Phi) is 3.78. The van der Waals surface area contributed by atoms with Gasteiger partial charge in [-0.3, -0.25) is 4.90 Å². The number of nitrogens with zero attached hydrogens (tertiary/aromatic N) is 1. The molecule has 1 unspecified atom stereocenters. The van der Waals surface area contributed by atoms with E-state index in [-0.39, 0.29) is 12.0 Å². The number of allylic oxidation sites excluding steroid dienone is 2. The summed E-state index contributed by atoms with van der Waals surface area (Å²) in [6.07, 6.45) is 8.18.